The summed E-state index contributed by atoms with van der Waals surface area (Å²) in [5, 5.41) is 13.4. The Bertz CT molecular complexity index is 741. The molecule has 2 N–H and O–H groups in total. The largest absolute Gasteiger partial charge is 0.386 e. The molecule has 1 fully saturated rings. The van der Waals surface area contributed by atoms with E-state index < -0.39 is 26.5 Å². The van der Waals surface area contributed by atoms with Gasteiger partial charge in [-0.15, -0.1) is 24.0 Å². The number of guanidine groups is 1. The molecular formula is C17H27FIN3O3S. The van der Waals surface area contributed by atoms with Crippen LogP contribution in [-0.4, -0.2) is 61.1 Å². The van der Waals surface area contributed by atoms with E-state index in [4.69, 9.17) is 0 Å². The maximum absolute atomic E-state index is 13.3. The maximum Gasteiger partial charge on any atom is 0.194 e. The minimum Gasteiger partial charge on any atom is -0.386 e. The third-order valence-electron chi connectivity index (χ3n) is 4.33. The molecule has 0 saturated carbocycles. The van der Waals surface area contributed by atoms with Crippen molar-refractivity contribution in [1.29, 1.82) is 0 Å². The monoisotopic (exact) mass is 499 g/mol. The molecule has 0 spiro atoms. The highest BCUT2D eigenvalue weighted by molar-refractivity contribution is 14.0. The molecular weight excluding hydrogens is 472 g/mol. The summed E-state index contributed by atoms with van der Waals surface area (Å²) in [7, 11) is -3.14. The maximum atomic E-state index is 13.3. The summed E-state index contributed by atoms with van der Waals surface area (Å²) in [5.74, 6) is 0.216. The molecule has 0 bridgehead atoms. The van der Waals surface area contributed by atoms with Crippen LogP contribution in [0.2, 0.25) is 0 Å². The fourth-order valence-electron chi connectivity index (χ4n) is 2.74. The second-order valence-corrected chi connectivity index (χ2v) is 9.51. The van der Waals surface area contributed by atoms with Crippen LogP contribution in [0.1, 0.15) is 32.4 Å². The lowest BCUT2D eigenvalue weighted by Crippen LogP contribution is -2.57. The van der Waals surface area contributed by atoms with Crippen molar-refractivity contribution in [2.45, 2.75) is 31.6 Å². The average Bonchev–Trinajstić information content (AvgIpc) is 2.54. The van der Waals surface area contributed by atoms with Gasteiger partial charge >= 0.3 is 0 Å². The van der Waals surface area contributed by atoms with Crippen molar-refractivity contribution >= 4 is 39.8 Å². The number of benzene rings is 1. The number of nitrogens with zero attached hydrogens (tertiary/aromatic N) is 2. The third-order valence-corrected chi connectivity index (χ3v) is 6.86. The average molecular weight is 499 g/mol. The lowest BCUT2D eigenvalue weighted by atomic mass is 10.1. The van der Waals surface area contributed by atoms with E-state index in [9.17, 15) is 17.9 Å². The molecule has 26 heavy (non-hydrogen) atoms. The Morgan fingerprint density at radius 1 is 1.46 bits per heavy atom. The van der Waals surface area contributed by atoms with Crippen LogP contribution >= 0.6 is 24.0 Å². The molecule has 1 aromatic carbocycles. The van der Waals surface area contributed by atoms with Crippen molar-refractivity contribution in [1.82, 2.24) is 10.2 Å². The first-order valence-electron chi connectivity index (χ1n) is 8.35. The molecule has 1 aromatic rings. The van der Waals surface area contributed by atoms with Crippen LogP contribution in [0, 0.1) is 5.82 Å². The standard InChI is InChI=1S/C17H26FN3O3S.HI/c1-4-19-16(21-8-9-25(23,24)17(2,3)12-21)20-11-15(22)13-6-5-7-14(18)10-13;/h5-7,10,15,22H,4,8-9,11-12H2,1-3H3,(H,19,20);1H. The SMILES string of the molecule is CCNC(=NCC(O)c1cccc(F)c1)N1CCS(=O)(=O)C(C)(C)C1.I. The number of aliphatic hydroxyl groups excluding tert-OH is 1. The Balaban J connectivity index is 0.00000338. The highest BCUT2D eigenvalue weighted by Crippen LogP contribution is 2.24. The molecule has 6 nitrogen and oxygen atoms in total. The number of rotatable bonds is 4. The van der Waals surface area contributed by atoms with Crippen LogP contribution in [0.5, 0.6) is 0 Å². The van der Waals surface area contributed by atoms with Gasteiger partial charge in [-0.05, 0) is 38.5 Å². The molecule has 1 aliphatic heterocycles. The van der Waals surface area contributed by atoms with Gasteiger partial charge in [0.1, 0.15) is 5.82 Å². The van der Waals surface area contributed by atoms with Gasteiger partial charge in [0.25, 0.3) is 0 Å². The smallest absolute Gasteiger partial charge is 0.194 e. The lowest BCUT2D eigenvalue weighted by molar-refractivity contribution is 0.186. The summed E-state index contributed by atoms with van der Waals surface area (Å²) in [5.41, 5.74) is 0.459. The highest BCUT2D eigenvalue weighted by atomic mass is 127. The minimum atomic E-state index is -3.14. The first-order valence-corrected chi connectivity index (χ1v) is 10.0. The Hall–Kier alpha value is -0.940. The van der Waals surface area contributed by atoms with E-state index in [2.05, 4.69) is 10.3 Å². The Morgan fingerprint density at radius 3 is 2.73 bits per heavy atom. The van der Waals surface area contributed by atoms with Crippen molar-refractivity contribution in [3.05, 3.63) is 35.6 Å². The zero-order valence-corrected chi connectivity index (χ0v) is 18.4. The summed E-state index contributed by atoms with van der Waals surface area (Å²) in [6.07, 6.45) is -0.925. The van der Waals surface area contributed by atoms with Crippen molar-refractivity contribution < 1.29 is 17.9 Å². The summed E-state index contributed by atoms with van der Waals surface area (Å²) < 4.78 is 36.7. The lowest BCUT2D eigenvalue weighted by Gasteiger charge is -2.39. The van der Waals surface area contributed by atoms with Crippen molar-refractivity contribution in [2.75, 3.05) is 31.9 Å². The van der Waals surface area contributed by atoms with E-state index in [0.29, 0.717) is 31.2 Å². The number of aliphatic hydroxyl groups is 1. The molecule has 1 unspecified atom stereocenters. The van der Waals surface area contributed by atoms with E-state index in [1.807, 2.05) is 11.8 Å². The molecule has 1 atom stereocenters. The van der Waals surface area contributed by atoms with Crippen LogP contribution < -0.4 is 5.32 Å². The Morgan fingerprint density at radius 2 is 2.15 bits per heavy atom. The number of aliphatic imine (C=N–C) groups is 1. The topological polar surface area (TPSA) is 82.0 Å². The molecule has 9 heteroatoms. The first kappa shape index (κ1) is 23.1. The van der Waals surface area contributed by atoms with E-state index in [-0.39, 0.29) is 36.3 Å². The minimum absolute atomic E-state index is 0. The molecule has 148 valence electrons. The molecule has 1 heterocycles. The number of hydrogen-bond acceptors (Lipinski definition) is 4. The van der Waals surface area contributed by atoms with Gasteiger partial charge in [0, 0.05) is 19.6 Å². The molecule has 2 rings (SSSR count). The predicted octanol–water partition coefficient (Wildman–Crippen LogP) is 1.95. The predicted molar refractivity (Wildman–Crippen MR) is 112 cm³/mol. The van der Waals surface area contributed by atoms with E-state index in [1.54, 1.807) is 26.0 Å². The summed E-state index contributed by atoms with van der Waals surface area (Å²) in [6, 6.07) is 5.79. The zero-order chi connectivity index (χ0) is 18.7. The van der Waals surface area contributed by atoms with Gasteiger partial charge in [0.15, 0.2) is 15.8 Å². The van der Waals surface area contributed by atoms with E-state index in [1.165, 1.54) is 12.1 Å². The van der Waals surface area contributed by atoms with Gasteiger partial charge in [-0.1, -0.05) is 12.1 Å². The number of halogens is 2. The van der Waals surface area contributed by atoms with Gasteiger partial charge in [-0.3, -0.25) is 4.99 Å². The highest BCUT2D eigenvalue weighted by Gasteiger charge is 2.40. The van der Waals surface area contributed by atoms with Gasteiger partial charge < -0.3 is 15.3 Å². The van der Waals surface area contributed by atoms with Crippen molar-refractivity contribution in [3.8, 4) is 0 Å². The number of nitrogens with one attached hydrogen (secondary N) is 1. The van der Waals surface area contributed by atoms with Gasteiger partial charge in [-0.25, -0.2) is 12.8 Å². The third kappa shape index (κ3) is 5.53. The fraction of sp³-hybridized carbons (Fsp3) is 0.588. The van der Waals surface area contributed by atoms with E-state index >= 15 is 0 Å². The Labute approximate surface area is 171 Å². The van der Waals surface area contributed by atoms with Crippen molar-refractivity contribution in [2.24, 2.45) is 4.99 Å². The second-order valence-electron chi connectivity index (χ2n) is 6.77. The quantitative estimate of drug-likeness (QED) is 0.376. The molecule has 0 aromatic heterocycles. The van der Waals surface area contributed by atoms with Crippen molar-refractivity contribution in [3.63, 3.8) is 0 Å². The molecule has 0 radical (unpaired) electrons. The van der Waals surface area contributed by atoms with Gasteiger partial charge in [0.2, 0.25) is 0 Å². The number of sulfone groups is 1. The molecule has 1 saturated heterocycles. The summed E-state index contributed by atoms with van der Waals surface area (Å²) >= 11 is 0. The Kier molecular flexibility index (Phi) is 8.28. The second kappa shape index (κ2) is 9.32. The van der Waals surface area contributed by atoms with Gasteiger partial charge in [0.05, 0.1) is 23.1 Å². The van der Waals surface area contributed by atoms with E-state index in [0.717, 1.165) is 0 Å². The molecule has 0 amide bonds. The van der Waals surface area contributed by atoms with Gasteiger partial charge in [-0.2, -0.15) is 0 Å². The van der Waals surface area contributed by atoms with Crippen LogP contribution in [0.3, 0.4) is 0 Å². The van der Waals surface area contributed by atoms with Crippen LogP contribution in [0.15, 0.2) is 29.3 Å². The van der Waals surface area contributed by atoms with Crippen LogP contribution in [-0.2, 0) is 9.84 Å². The molecule has 1 aliphatic rings. The first-order chi connectivity index (χ1) is 11.7. The fourth-order valence-corrected chi connectivity index (χ4v) is 4.11. The summed E-state index contributed by atoms with van der Waals surface area (Å²) in [4.78, 5) is 6.31. The van der Waals surface area contributed by atoms with Crippen LogP contribution in [0.4, 0.5) is 4.39 Å². The zero-order valence-electron chi connectivity index (χ0n) is 15.3. The van der Waals surface area contributed by atoms with Crippen LogP contribution in [0.25, 0.3) is 0 Å². The normalized spacial score (nSPS) is 20.2. The molecule has 0 aliphatic carbocycles. The summed E-state index contributed by atoms with van der Waals surface area (Å²) in [6.45, 7) is 6.71. The number of hydrogen-bond donors (Lipinski definition) is 2.